The van der Waals surface area contributed by atoms with E-state index in [4.69, 9.17) is 5.73 Å². The third-order valence-corrected chi connectivity index (χ3v) is 4.74. The minimum atomic E-state index is 0.780. The van der Waals surface area contributed by atoms with Crippen LogP contribution < -0.4 is 5.73 Å². The summed E-state index contributed by atoms with van der Waals surface area (Å²) in [7, 11) is 0. The molecule has 0 bridgehead atoms. The number of aryl methyl sites for hydroxylation is 1. The number of benzene rings is 1. The average Bonchev–Trinajstić information content (AvgIpc) is 2.75. The molecule has 2 heterocycles. The zero-order chi connectivity index (χ0) is 12.5. The van der Waals surface area contributed by atoms with Crippen LogP contribution in [0.3, 0.4) is 0 Å². The van der Waals surface area contributed by atoms with Crippen molar-refractivity contribution < 1.29 is 0 Å². The first-order valence-electron chi connectivity index (χ1n) is 5.47. The molecule has 0 aliphatic carbocycles. The fraction of sp³-hybridized carbons (Fsp3) is 0.0769. The Labute approximate surface area is 113 Å². The summed E-state index contributed by atoms with van der Waals surface area (Å²) in [6.45, 7) is 2.08. The first kappa shape index (κ1) is 11.5. The Hall–Kier alpha value is -1.59. The van der Waals surface area contributed by atoms with Gasteiger partial charge in [0.05, 0.1) is 0 Å². The van der Waals surface area contributed by atoms with Gasteiger partial charge in [0, 0.05) is 16.0 Å². The maximum Gasteiger partial charge on any atom is 0.128 e. The Morgan fingerprint density at radius 2 is 2.06 bits per heavy atom. The van der Waals surface area contributed by atoms with Crippen molar-refractivity contribution in [2.75, 3.05) is 5.73 Å². The number of thiophene rings is 1. The SMILES string of the molecule is Cc1csc2ncnc(Sc3ccccc3N)c12. The lowest BCUT2D eigenvalue weighted by Crippen LogP contribution is -1.89. The van der Waals surface area contributed by atoms with Gasteiger partial charge in [0.1, 0.15) is 16.2 Å². The molecule has 2 N–H and O–H groups in total. The second kappa shape index (κ2) is 4.59. The zero-order valence-electron chi connectivity index (χ0n) is 9.75. The molecule has 0 radical (unpaired) electrons. The van der Waals surface area contributed by atoms with E-state index in [0.717, 1.165) is 25.8 Å². The van der Waals surface area contributed by atoms with Crippen LogP contribution in [-0.4, -0.2) is 9.97 Å². The first-order chi connectivity index (χ1) is 8.75. The van der Waals surface area contributed by atoms with Crippen LogP contribution in [0.15, 0.2) is 45.9 Å². The minimum Gasteiger partial charge on any atom is -0.398 e. The summed E-state index contributed by atoms with van der Waals surface area (Å²) in [6, 6.07) is 7.83. The van der Waals surface area contributed by atoms with Crippen LogP contribution in [-0.2, 0) is 0 Å². The van der Waals surface area contributed by atoms with E-state index in [1.807, 2.05) is 24.3 Å². The molecule has 0 aliphatic heterocycles. The molecule has 0 saturated carbocycles. The van der Waals surface area contributed by atoms with E-state index in [0.29, 0.717) is 0 Å². The molecule has 0 aliphatic rings. The van der Waals surface area contributed by atoms with Crippen LogP contribution in [0.4, 0.5) is 5.69 Å². The molecule has 0 atom stereocenters. The van der Waals surface area contributed by atoms with Crippen LogP contribution in [0.25, 0.3) is 10.2 Å². The Balaban J connectivity index is 2.10. The van der Waals surface area contributed by atoms with Crippen molar-refractivity contribution in [1.29, 1.82) is 0 Å². The minimum absolute atomic E-state index is 0.780. The Kier molecular flexibility index (Phi) is 2.93. The molecule has 3 aromatic rings. The molecular weight excluding hydrogens is 262 g/mol. The molecule has 1 aromatic carbocycles. The van der Waals surface area contributed by atoms with Crippen molar-refractivity contribution >= 4 is 39.0 Å². The van der Waals surface area contributed by atoms with Crippen LogP contribution in [0.1, 0.15) is 5.56 Å². The monoisotopic (exact) mass is 273 g/mol. The molecule has 5 heteroatoms. The molecular formula is C13H11N3S2. The third-order valence-electron chi connectivity index (χ3n) is 2.65. The van der Waals surface area contributed by atoms with Crippen molar-refractivity contribution in [2.45, 2.75) is 16.8 Å². The molecule has 0 amide bonds. The second-order valence-corrected chi connectivity index (χ2v) is 5.81. The Morgan fingerprint density at radius 1 is 1.22 bits per heavy atom. The van der Waals surface area contributed by atoms with E-state index in [-0.39, 0.29) is 0 Å². The summed E-state index contributed by atoms with van der Waals surface area (Å²) < 4.78 is 0. The third kappa shape index (κ3) is 1.95. The molecule has 0 saturated heterocycles. The van der Waals surface area contributed by atoms with Gasteiger partial charge in [-0.15, -0.1) is 11.3 Å². The smallest absolute Gasteiger partial charge is 0.128 e. The van der Waals surface area contributed by atoms with Crippen molar-refractivity contribution in [3.05, 3.63) is 41.5 Å². The van der Waals surface area contributed by atoms with Gasteiger partial charge in [-0.25, -0.2) is 9.97 Å². The number of nitrogen functional groups attached to an aromatic ring is 1. The van der Waals surface area contributed by atoms with Gasteiger partial charge in [-0.2, -0.15) is 0 Å². The molecule has 0 spiro atoms. The van der Waals surface area contributed by atoms with Crippen molar-refractivity contribution in [3.63, 3.8) is 0 Å². The van der Waals surface area contributed by atoms with Gasteiger partial charge in [-0.3, -0.25) is 0 Å². The highest BCUT2D eigenvalue weighted by Gasteiger charge is 2.10. The van der Waals surface area contributed by atoms with Crippen LogP contribution >= 0.6 is 23.1 Å². The molecule has 3 rings (SSSR count). The number of anilines is 1. The average molecular weight is 273 g/mol. The number of aromatic nitrogens is 2. The molecule has 0 unspecified atom stereocenters. The first-order valence-corrected chi connectivity index (χ1v) is 7.16. The lowest BCUT2D eigenvalue weighted by atomic mass is 10.3. The summed E-state index contributed by atoms with van der Waals surface area (Å²) in [5.74, 6) is 0. The maximum atomic E-state index is 5.96. The quantitative estimate of drug-likeness (QED) is 0.571. The van der Waals surface area contributed by atoms with Gasteiger partial charge in [0.25, 0.3) is 0 Å². The topological polar surface area (TPSA) is 51.8 Å². The van der Waals surface area contributed by atoms with Crippen LogP contribution in [0.2, 0.25) is 0 Å². The number of nitrogens with two attached hydrogens (primary N) is 1. The van der Waals surface area contributed by atoms with Crippen LogP contribution in [0, 0.1) is 6.92 Å². The predicted molar refractivity (Wildman–Crippen MR) is 77.1 cm³/mol. The fourth-order valence-corrected chi connectivity index (χ4v) is 3.69. The Bertz CT molecular complexity index is 706. The lowest BCUT2D eigenvalue weighted by molar-refractivity contribution is 1.10. The van der Waals surface area contributed by atoms with E-state index in [1.165, 1.54) is 5.56 Å². The molecule has 18 heavy (non-hydrogen) atoms. The summed E-state index contributed by atoms with van der Waals surface area (Å²) >= 11 is 3.24. The highest BCUT2D eigenvalue weighted by molar-refractivity contribution is 7.99. The molecule has 2 aromatic heterocycles. The van der Waals surface area contributed by atoms with Gasteiger partial charge in [-0.1, -0.05) is 23.9 Å². The van der Waals surface area contributed by atoms with E-state index in [9.17, 15) is 0 Å². The van der Waals surface area contributed by atoms with Gasteiger partial charge >= 0.3 is 0 Å². The van der Waals surface area contributed by atoms with E-state index in [2.05, 4.69) is 22.3 Å². The summed E-state index contributed by atoms with van der Waals surface area (Å²) in [6.07, 6.45) is 1.61. The summed E-state index contributed by atoms with van der Waals surface area (Å²) in [5.41, 5.74) is 7.96. The van der Waals surface area contributed by atoms with Gasteiger partial charge in [0.2, 0.25) is 0 Å². The number of para-hydroxylation sites is 1. The van der Waals surface area contributed by atoms with Gasteiger partial charge in [-0.05, 0) is 30.0 Å². The highest BCUT2D eigenvalue weighted by atomic mass is 32.2. The number of hydrogen-bond acceptors (Lipinski definition) is 5. The normalized spacial score (nSPS) is 10.9. The van der Waals surface area contributed by atoms with Crippen molar-refractivity contribution in [1.82, 2.24) is 9.97 Å². The van der Waals surface area contributed by atoms with E-state index < -0.39 is 0 Å². The lowest BCUT2D eigenvalue weighted by Gasteiger charge is -2.05. The van der Waals surface area contributed by atoms with Gasteiger partial charge in [0.15, 0.2) is 0 Å². The maximum absolute atomic E-state index is 5.96. The standard InChI is InChI=1S/C13H11N3S2/c1-8-6-17-12-11(8)13(16-7-15-12)18-10-5-3-2-4-9(10)14/h2-7H,14H2,1H3. The summed E-state index contributed by atoms with van der Waals surface area (Å²) in [4.78, 5) is 10.7. The van der Waals surface area contributed by atoms with Crippen LogP contribution in [0.5, 0.6) is 0 Å². The zero-order valence-corrected chi connectivity index (χ0v) is 11.4. The fourth-order valence-electron chi connectivity index (χ4n) is 1.74. The van der Waals surface area contributed by atoms with E-state index >= 15 is 0 Å². The van der Waals surface area contributed by atoms with Crippen molar-refractivity contribution in [3.8, 4) is 0 Å². The number of nitrogens with zero attached hydrogens (tertiary/aromatic N) is 2. The summed E-state index contributed by atoms with van der Waals surface area (Å²) in [5, 5.41) is 4.21. The van der Waals surface area contributed by atoms with Gasteiger partial charge < -0.3 is 5.73 Å². The Morgan fingerprint density at radius 3 is 2.89 bits per heavy atom. The largest absolute Gasteiger partial charge is 0.398 e. The number of fused-ring (bicyclic) bond motifs is 1. The van der Waals surface area contributed by atoms with Crippen molar-refractivity contribution in [2.24, 2.45) is 0 Å². The predicted octanol–water partition coefficient (Wildman–Crippen LogP) is 3.73. The molecule has 3 nitrogen and oxygen atoms in total. The second-order valence-electron chi connectivity index (χ2n) is 3.92. The molecule has 90 valence electrons. The number of hydrogen-bond donors (Lipinski definition) is 1. The number of rotatable bonds is 2. The molecule has 0 fully saturated rings. The highest BCUT2D eigenvalue weighted by Crippen LogP contribution is 2.37. The van der Waals surface area contributed by atoms with E-state index in [1.54, 1.807) is 29.4 Å².